The van der Waals surface area contributed by atoms with Crippen molar-refractivity contribution in [2.45, 2.75) is 50.2 Å². The molecule has 8 heteroatoms. The molecule has 3 aromatic carbocycles. The minimum absolute atomic E-state index is 0.0313. The fourth-order valence-corrected chi connectivity index (χ4v) is 4.60. The summed E-state index contributed by atoms with van der Waals surface area (Å²) in [6.07, 6.45) is -3.29. The van der Waals surface area contributed by atoms with E-state index >= 15 is 0 Å². The molecule has 2 aliphatic rings. The largest absolute Gasteiger partial charge is 0.353 e. The van der Waals surface area contributed by atoms with Gasteiger partial charge >= 0.3 is 0 Å². The van der Waals surface area contributed by atoms with Crippen LogP contribution >= 0.6 is 0 Å². The number of hydrogen-bond acceptors (Lipinski definition) is 8. The summed E-state index contributed by atoms with van der Waals surface area (Å²) in [5, 5.41) is 0. The maximum atomic E-state index is 6.40. The van der Waals surface area contributed by atoms with Crippen molar-refractivity contribution < 1.29 is 37.9 Å². The van der Waals surface area contributed by atoms with Crippen LogP contribution in [0.25, 0.3) is 0 Å². The molecule has 2 heterocycles. The van der Waals surface area contributed by atoms with Crippen LogP contribution in [0.5, 0.6) is 0 Å². The molecule has 0 saturated carbocycles. The minimum Gasteiger partial charge on any atom is -0.353 e. The van der Waals surface area contributed by atoms with Gasteiger partial charge in [0.05, 0.1) is 19.8 Å². The summed E-state index contributed by atoms with van der Waals surface area (Å²) < 4.78 is 48.3. The predicted molar refractivity (Wildman–Crippen MR) is 138 cm³/mol. The number of methoxy groups -OCH3 is 1. The summed E-state index contributed by atoms with van der Waals surface area (Å²) in [5.74, 6) is 0. The van der Waals surface area contributed by atoms with Crippen LogP contribution in [0.2, 0.25) is 0 Å². The Balaban J connectivity index is 1.26. The number of benzene rings is 3. The maximum Gasteiger partial charge on any atom is 0.186 e. The van der Waals surface area contributed by atoms with Crippen molar-refractivity contribution in [3.8, 4) is 0 Å². The highest BCUT2D eigenvalue weighted by atomic mass is 16.8. The Labute approximate surface area is 223 Å². The van der Waals surface area contributed by atoms with E-state index in [4.69, 9.17) is 37.9 Å². The molecule has 0 N–H and O–H groups in total. The first kappa shape index (κ1) is 26.9. The van der Waals surface area contributed by atoms with E-state index in [1.54, 1.807) is 7.11 Å². The van der Waals surface area contributed by atoms with Crippen LogP contribution in [-0.4, -0.2) is 58.0 Å². The van der Waals surface area contributed by atoms with Crippen molar-refractivity contribution in [1.29, 1.82) is 0 Å². The van der Waals surface area contributed by atoms with Crippen LogP contribution < -0.4 is 0 Å². The normalized spacial score (nSPS) is 27.1. The fraction of sp³-hybridized carbons (Fsp3) is 0.400. The Morgan fingerprint density at radius 1 is 0.684 bits per heavy atom. The van der Waals surface area contributed by atoms with Gasteiger partial charge in [-0.25, -0.2) is 0 Å². The number of rotatable bonds is 12. The Morgan fingerprint density at radius 3 is 1.82 bits per heavy atom. The zero-order valence-corrected chi connectivity index (χ0v) is 21.4. The second kappa shape index (κ2) is 13.9. The van der Waals surface area contributed by atoms with E-state index in [1.807, 2.05) is 91.0 Å². The second-order valence-corrected chi connectivity index (χ2v) is 9.12. The zero-order valence-electron chi connectivity index (χ0n) is 21.4. The quantitative estimate of drug-likeness (QED) is 0.253. The molecule has 0 spiro atoms. The first-order valence-electron chi connectivity index (χ1n) is 12.8. The van der Waals surface area contributed by atoms with E-state index in [0.717, 1.165) is 16.7 Å². The zero-order chi connectivity index (χ0) is 26.0. The smallest absolute Gasteiger partial charge is 0.186 e. The van der Waals surface area contributed by atoms with Gasteiger partial charge < -0.3 is 37.9 Å². The Bertz CT molecular complexity index is 1070. The van der Waals surface area contributed by atoms with Gasteiger partial charge in [0, 0.05) is 12.7 Å². The average molecular weight is 523 g/mol. The summed E-state index contributed by atoms with van der Waals surface area (Å²) in [4.78, 5) is 0. The lowest BCUT2D eigenvalue weighted by atomic mass is 9.97. The molecule has 0 amide bonds. The van der Waals surface area contributed by atoms with Crippen molar-refractivity contribution in [1.82, 2.24) is 0 Å². The molecule has 2 saturated heterocycles. The highest BCUT2D eigenvalue weighted by Gasteiger charge is 2.51. The summed E-state index contributed by atoms with van der Waals surface area (Å²) >= 11 is 0. The first-order chi connectivity index (χ1) is 18.8. The Hall–Kier alpha value is -2.66. The molecule has 0 aromatic heterocycles. The van der Waals surface area contributed by atoms with Gasteiger partial charge in [-0.05, 0) is 11.1 Å². The van der Waals surface area contributed by atoms with E-state index in [2.05, 4.69) is 0 Å². The highest BCUT2D eigenvalue weighted by Crippen LogP contribution is 2.36. The third kappa shape index (κ3) is 7.05. The molecule has 0 bridgehead atoms. The fourth-order valence-electron chi connectivity index (χ4n) is 4.60. The van der Waals surface area contributed by atoms with Crippen LogP contribution in [0, 0.1) is 0 Å². The van der Waals surface area contributed by atoms with Crippen molar-refractivity contribution in [2.24, 2.45) is 0 Å². The molecular weight excluding hydrogens is 488 g/mol. The summed E-state index contributed by atoms with van der Waals surface area (Å²) in [7, 11) is 1.58. The molecule has 202 valence electrons. The Kier molecular flexibility index (Phi) is 9.87. The van der Waals surface area contributed by atoms with Crippen LogP contribution in [0.1, 0.15) is 23.0 Å². The van der Waals surface area contributed by atoms with Gasteiger partial charge in [0.1, 0.15) is 38.0 Å². The minimum atomic E-state index is -0.698. The lowest BCUT2D eigenvalue weighted by Gasteiger charge is -2.48. The molecule has 2 fully saturated rings. The third-order valence-electron chi connectivity index (χ3n) is 6.50. The SMILES string of the molecule is CO[C@@H]1O[C@@H]2CO[C@@H](c3ccccc3)O[C@H]2[C@H](OCOCc2ccccc2)[C@H]1OCOCc1ccccc1. The summed E-state index contributed by atoms with van der Waals surface area (Å²) in [6, 6.07) is 29.7. The second-order valence-electron chi connectivity index (χ2n) is 9.12. The van der Waals surface area contributed by atoms with Gasteiger partial charge in [0.15, 0.2) is 12.6 Å². The van der Waals surface area contributed by atoms with E-state index in [-0.39, 0.29) is 13.6 Å². The molecule has 0 radical (unpaired) electrons. The van der Waals surface area contributed by atoms with Crippen molar-refractivity contribution in [3.63, 3.8) is 0 Å². The van der Waals surface area contributed by atoms with Gasteiger partial charge in [-0.2, -0.15) is 0 Å². The molecule has 0 aliphatic carbocycles. The molecule has 0 unspecified atom stereocenters. The third-order valence-corrected chi connectivity index (χ3v) is 6.50. The number of hydrogen-bond donors (Lipinski definition) is 0. The van der Waals surface area contributed by atoms with Gasteiger partial charge in [-0.15, -0.1) is 0 Å². The molecule has 5 rings (SSSR count). The van der Waals surface area contributed by atoms with E-state index in [0.29, 0.717) is 19.8 Å². The molecule has 6 atom stereocenters. The van der Waals surface area contributed by atoms with Gasteiger partial charge in [-0.1, -0.05) is 91.0 Å². The Morgan fingerprint density at radius 2 is 1.24 bits per heavy atom. The lowest BCUT2D eigenvalue weighted by molar-refractivity contribution is -0.377. The topological polar surface area (TPSA) is 73.8 Å². The van der Waals surface area contributed by atoms with E-state index in [1.165, 1.54) is 0 Å². The number of fused-ring (bicyclic) bond motifs is 1. The van der Waals surface area contributed by atoms with Crippen LogP contribution in [0.4, 0.5) is 0 Å². The average Bonchev–Trinajstić information content (AvgIpc) is 2.99. The molecule has 8 nitrogen and oxygen atoms in total. The summed E-state index contributed by atoms with van der Waals surface area (Å²) in [6.45, 7) is 1.25. The van der Waals surface area contributed by atoms with Crippen LogP contribution in [-0.2, 0) is 51.1 Å². The van der Waals surface area contributed by atoms with E-state index < -0.39 is 37.0 Å². The van der Waals surface area contributed by atoms with Crippen LogP contribution in [0.3, 0.4) is 0 Å². The van der Waals surface area contributed by atoms with Crippen LogP contribution in [0.15, 0.2) is 91.0 Å². The maximum absolute atomic E-state index is 6.40. The molecular formula is C30H34O8. The molecule has 3 aromatic rings. The van der Waals surface area contributed by atoms with Gasteiger partial charge in [-0.3, -0.25) is 0 Å². The highest BCUT2D eigenvalue weighted by molar-refractivity contribution is 5.17. The standard InChI is InChI=1S/C30H34O8/c1-31-30-28(36-21-33-18-23-13-7-3-8-14-23)27(35-20-32-17-22-11-5-2-6-12-22)26-25(37-30)19-34-29(38-26)24-15-9-4-10-16-24/h2-16,25-30H,17-21H2,1H3/t25-,26-,27+,28-,29-,30-/m1/s1. The lowest BCUT2D eigenvalue weighted by Crippen LogP contribution is -2.63. The first-order valence-corrected chi connectivity index (χ1v) is 12.8. The van der Waals surface area contributed by atoms with Gasteiger partial charge in [0.2, 0.25) is 0 Å². The van der Waals surface area contributed by atoms with Crippen molar-refractivity contribution in [3.05, 3.63) is 108 Å². The monoisotopic (exact) mass is 522 g/mol. The van der Waals surface area contributed by atoms with Crippen molar-refractivity contribution >= 4 is 0 Å². The number of ether oxygens (including phenoxy) is 8. The van der Waals surface area contributed by atoms with Gasteiger partial charge in [0.25, 0.3) is 0 Å². The molecule has 38 heavy (non-hydrogen) atoms. The van der Waals surface area contributed by atoms with Crippen molar-refractivity contribution in [2.75, 3.05) is 27.3 Å². The molecule has 2 aliphatic heterocycles. The summed E-state index contributed by atoms with van der Waals surface area (Å²) in [5.41, 5.74) is 3.03. The predicted octanol–water partition coefficient (Wildman–Crippen LogP) is 4.59. The van der Waals surface area contributed by atoms with E-state index in [9.17, 15) is 0 Å².